The summed E-state index contributed by atoms with van der Waals surface area (Å²) in [6, 6.07) is 9.75. The number of benzene rings is 1. The highest BCUT2D eigenvalue weighted by Gasteiger charge is 2.27. The maximum Gasteiger partial charge on any atom is 0.225 e. The van der Waals surface area contributed by atoms with Gasteiger partial charge < -0.3 is 20.3 Å². The molecule has 1 amide bonds. The number of carbonyl (C=O) groups excluding carboxylic acids is 1. The molecule has 7 nitrogen and oxygen atoms in total. The van der Waals surface area contributed by atoms with Gasteiger partial charge in [-0.2, -0.15) is 0 Å². The van der Waals surface area contributed by atoms with Crippen LogP contribution in [-0.2, 0) is 11.3 Å². The van der Waals surface area contributed by atoms with Crippen LogP contribution in [0.4, 0.5) is 4.39 Å². The van der Waals surface area contributed by atoms with E-state index < -0.39 is 0 Å². The van der Waals surface area contributed by atoms with Gasteiger partial charge in [0.15, 0.2) is 5.96 Å². The number of nitrogens with zero attached hydrogens (tertiary/aromatic N) is 3. The fourth-order valence-electron chi connectivity index (χ4n) is 3.24. The normalized spacial score (nSPS) is 16.6. The molecular weight excluding hydrogens is 385 g/mol. The van der Waals surface area contributed by atoms with Gasteiger partial charge in [0.2, 0.25) is 11.8 Å². The molecule has 0 aliphatic carbocycles. The molecule has 1 aliphatic heterocycles. The van der Waals surface area contributed by atoms with Gasteiger partial charge in [0.25, 0.3) is 0 Å². The average molecular weight is 413 g/mol. The fourth-order valence-corrected chi connectivity index (χ4v) is 3.24. The summed E-state index contributed by atoms with van der Waals surface area (Å²) in [5, 5.41) is 6.63. The number of hydrogen-bond acceptors (Lipinski definition) is 4. The number of nitrogens with one attached hydrogen (secondary N) is 2. The van der Waals surface area contributed by atoms with E-state index in [-0.39, 0.29) is 23.7 Å². The van der Waals surface area contributed by atoms with E-state index in [0.717, 1.165) is 18.5 Å². The van der Waals surface area contributed by atoms with Crippen LogP contribution < -0.4 is 15.4 Å². The molecule has 1 aromatic heterocycles. The first-order valence-corrected chi connectivity index (χ1v) is 10.1. The molecule has 160 valence electrons. The Bertz CT molecular complexity index is 885. The van der Waals surface area contributed by atoms with Crippen LogP contribution in [0.15, 0.2) is 47.6 Å². The van der Waals surface area contributed by atoms with E-state index in [1.807, 2.05) is 24.8 Å². The highest BCUT2D eigenvalue weighted by molar-refractivity contribution is 5.81. The number of aromatic nitrogens is 1. The number of guanidine groups is 1. The van der Waals surface area contributed by atoms with E-state index in [1.54, 1.807) is 31.4 Å². The van der Waals surface area contributed by atoms with Gasteiger partial charge in [-0.1, -0.05) is 26.0 Å². The van der Waals surface area contributed by atoms with Crippen LogP contribution in [0.5, 0.6) is 11.6 Å². The van der Waals surface area contributed by atoms with E-state index in [1.165, 1.54) is 12.1 Å². The predicted molar refractivity (Wildman–Crippen MR) is 114 cm³/mol. The number of hydrogen-bond donors (Lipinski definition) is 2. The first-order valence-electron chi connectivity index (χ1n) is 10.1. The number of amides is 1. The summed E-state index contributed by atoms with van der Waals surface area (Å²) in [4.78, 5) is 22.6. The zero-order valence-corrected chi connectivity index (χ0v) is 17.6. The van der Waals surface area contributed by atoms with Crippen LogP contribution in [0, 0.1) is 11.7 Å². The largest absolute Gasteiger partial charge is 0.439 e. The SMILES string of the molecule is CN=C(NCc1ccc(Oc2cccc(F)c2)nc1)NC1CCN(C(=O)C(C)C)C1. The van der Waals surface area contributed by atoms with Gasteiger partial charge in [-0.25, -0.2) is 9.37 Å². The number of rotatable bonds is 6. The van der Waals surface area contributed by atoms with Crippen LogP contribution in [-0.4, -0.2) is 47.9 Å². The molecule has 0 saturated carbocycles. The van der Waals surface area contributed by atoms with Crippen molar-refractivity contribution in [3.05, 3.63) is 54.0 Å². The lowest BCUT2D eigenvalue weighted by molar-refractivity contribution is -0.133. The minimum absolute atomic E-state index is 0.0153. The molecule has 0 spiro atoms. The molecule has 0 radical (unpaired) electrons. The van der Waals surface area contributed by atoms with Crippen LogP contribution in [0.3, 0.4) is 0 Å². The fraction of sp³-hybridized carbons (Fsp3) is 0.409. The predicted octanol–water partition coefficient (Wildman–Crippen LogP) is 2.93. The third-order valence-corrected chi connectivity index (χ3v) is 4.83. The lowest BCUT2D eigenvalue weighted by atomic mass is 10.2. The molecule has 1 saturated heterocycles. The molecule has 2 aromatic rings. The Balaban J connectivity index is 1.47. The molecule has 1 unspecified atom stereocenters. The quantitative estimate of drug-likeness (QED) is 0.562. The molecule has 2 N–H and O–H groups in total. The molecule has 1 aliphatic rings. The first kappa shape index (κ1) is 21.5. The van der Waals surface area contributed by atoms with Crippen molar-refractivity contribution in [2.45, 2.75) is 32.9 Å². The maximum absolute atomic E-state index is 13.2. The van der Waals surface area contributed by atoms with Crippen LogP contribution in [0.2, 0.25) is 0 Å². The second-order valence-corrected chi connectivity index (χ2v) is 7.56. The second-order valence-electron chi connectivity index (χ2n) is 7.56. The lowest BCUT2D eigenvalue weighted by Crippen LogP contribution is -2.45. The molecule has 30 heavy (non-hydrogen) atoms. The van der Waals surface area contributed by atoms with Crippen molar-refractivity contribution >= 4 is 11.9 Å². The van der Waals surface area contributed by atoms with Crippen molar-refractivity contribution in [1.82, 2.24) is 20.5 Å². The Morgan fingerprint density at radius 3 is 2.87 bits per heavy atom. The highest BCUT2D eigenvalue weighted by atomic mass is 19.1. The van der Waals surface area contributed by atoms with Crippen molar-refractivity contribution < 1.29 is 13.9 Å². The number of carbonyl (C=O) groups is 1. The van der Waals surface area contributed by atoms with Gasteiger partial charge in [0, 0.05) is 57.0 Å². The van der Waals surface area contributed by atoms with Crippen LogP contribution >= 0.6 is 0 Å². The molecule has 1 fully saturated rings. The zero-order valence-electron chi connectivity index (χ0n) is 17.6. The smallest absolute Gasteiger partial charge is 0.225 e. The van der Waals surface area contributed by atoms with E-state index in [0.29, 0.717) is 30.7 Å². The molecule has 8 heteroatoms. The van der Waals surface area contributed by atoms with Crippen molar-refractivity contribution in [1.29, 1.82) is 0 Å². The van der Waals surface area contributed by atoms with Crippen LogP contribution in [0.1, 0.15) is 25.8 Å². The van der Waals surface area contributed by atoms with Gasteiger partial charge in [-0.05, 0) is 24.1 Å². The van der Waals surface area contributed by atoms with Crippen molar-refractivity contribution in [2.75, 3.05) is 20.1 Å². The second kappa shape index (κ2) is 10.0. The van der Waals surface area contributed by atoms with Crippen LogP contribution in [0.25, 0.3) is 0 Å². The summed E-state index contributed by atoms with van der Waals surface area (Å²) in [5.41, 5.74) is 0.951. The summed E-state index contributed by atoms with van der Waals surface area (Å²) in [6.45, 7) is 5.83. The Kier molecular flexibility index (Phi) is 7.21. The molecule has 2 heterocycles. The number of aliphatic imine (C=N–C) groups is 1. The van der Waals surface area contributed by atoms with Gasteiger partial charge in [-0.15, -0.1) is 0 Å². The van der Waals surface area contributed by atoms with Gasteiger partial charge in [0.1, 0.15) is 11.6 Å². The Morgan fingerprint density at radius 2 is 2.20 bits per heavy atom. The Hall–Kier alpha value is -3.16. The summed E-state index contributed by atoms with van der Waals surface area (Å²) in [6.07, 6.45) is 2.60. The van der Waals surface area contributed by atoms with Crippen molar-refractivity contribution in [3.8, 4) is 11.6 Å². The summed E-state index contributed by atoms with van der Waals surface area (Å²) in [7, 11) is 1.72. The Labute approximate surface area is 176 Å². The standard InChI is InChI=1S/C22H28FN5O2/c1-15(2)21(29)28-10-9-18(14-28)27-22(24-3)26-13-16-7-8-20(25-12-16)30-19-6-4-5-17(23)11-19/h4-8,11-12,15,18H,9-10,13-14H2,1-3H3,(H2,24,26,27). The summed E-state index contributed by atoms with van der Waals surface area (Å²) >= 11 is 0. The summed E-state index contributed by atoms with van der Waals surface area (Å²) in [5.74, 6) is 1.33. The number of halogens is 1. The van der Waals surface area contributed by atoms with Crippen molar-refractivity contribution in [3.63, 3.8) is 0 Å². The topological polar surface area (TPSA) is 78.9 Å². The number of likely N-dealkylation sites (tertiary alicyclic amines) is 1. The molecule has 3 rings (SSSR count). The number of pyridine rings is 1. The van der Waals surface area contributed by atoms with Gasteiger partial charge in [-0.3, -0.25) is 9.79 Å². The maximum atomic E-state index is 13.2. The minimum atomic E-state index is -0.355. The average Bonchev–Trinajstić information content (AvgIpc) is 3.20. The highest BCUT2D eigenvalue weighted by Crippen LogP contribution is 2.20. The molecular formula is C22H28FN5O2. The minimum Gasteiger partial charge on any atom is -0.439 e. The van der Waals surface area contributed by atoms with E-state index in [2.05, 4.69) is 20.6 Å². The first-order chi connectivity index (χ1) is 14.4. The van der Waals surface area contributed by atoms with Gasteiger partial charge >= 0.3 is 0 Å². The Morgan fingerprint density at radius 1 is 1.37 bits per heavy atom. The zero-order chi connectivity index (χ0) is 21.5. The summed E-state index contributed by atoms with van der Waals surface area (Å²) < 4.78 is 18.8. The molecule has 1 atom stereocenters. The van der Waals surface area contributed by atoms with E-state index in [9.17, 15) is 9.18 Å². The monoisotopic (exact) mass is 413 g/mol. The molecule has 1 aromatic carbocycles. The third-order valence-electron chi connectivity index (χ3n) is 4.83. The van der Waals surface area contributed by atoms with Crippen molar-refractivity contribution in [2.24, 2.45) is 10.9 Å². The molecule has 0 bridgehead atoms. The van der Waals surface area contributed by atoms with E-state index in [4.69, 9.17) is 4.74 Å². The lowest BCUT2D eigenvalue weighted by Gasteiger charge is -2.20. The van der Waals surface area contributed by atoms with E-state index >= 15 is 0 Å². The van der Waals surface area contributed by atoms with Gasteiger partial charge in [0.05, 0.1) is 0 Å². The number of ether oxygens (including phenoxy) is 1. The third kappa shape index (κ3) is 5.92.